The molecule has 0 saturated heterocycles. The number of carbonyl (C=O) groups is 2. The van der Waals surface area contributed by atoms with Crippen molar-refractivity contribution in [2.24, 2.45) is 0 Å². The topological polar surface area (TPSA) is 70.2 Å². The van der Waals surface area contributed by atoms with Gasteiger partial charge in [-0.15, -0.1) is 0 Å². The summed E-state index contributed by atoms with van der Waals surface area (Å²) in [7, 11) is 0. The molecule has 3 amide bonds. The van der Waals surface area contributed by atoms with E-state index in [2.05, 4.69) is 16.0 Å². The first-order chi connectivity index (χ1) is 10.3. The quantitative estimate of drug-likeness (QED) is 0.754. The van der Waals surface area contributed by atoms with Gasteiger partial charge in [-0.3, -0.25) is 4.79 Å². The van der Waals surface area contributed by atoms with Crippen molar-refractivity contribution in [1.29, 1.82) is 0 Å². The number of hydrogen-bond donors (Lipinski definition) is 3. The average molecular weight is 313 g/mol. The highest BCUT2D eigenvalue weighted by atomic mass is 19.1. The van der Waals surface area contributed by atoms with E-state index in [4.69, 9.17) is 0 Å². The number of carbonyl (C=O) groups excluding carboxylic acids is 2. The minimum atomic E-state index is -0.677. The Labute approximate surface area is 128 Å². The third-order valence-corrected chi connectivity index (χ3v) is 2.91. The van der Waals surface area contributed by atoms with Crippen LogP contribution in [0.3, 0.4) is 0 Å². The van der Waals surface area contributed by atoms with Gasteiger partial charge in [0.15, 0.2) is 0 Å². The molecule has 0 bridgehead atoms. The second kappa shape index (κ2) is 8.31. The van der Waals surface area contributed by atoms with Crippen LogP contribution in [0, 0.1) is 11.6 Å². The summed E-state index contributed by atoms with van der Waals surface area (Å²) in [6, 6.07) is 1.76. The molecular weight excluding hydrogens is 292 g/mol. The van der Waals surface area contributed by atoms with Gasteiger partial charge in [0.25, 0.3) is 0 Å². The molecule has 1 aromatic carbocycles. The number of nitrogens with one attached hydrogen (secondary N) is 3. The molecule has 0 saturated carbocycles. The number of halogens is 2. The number of amides is 3. The molecule has 1 rings (SSSR count). The van der Waals surface area contributed by atoms with E-state index in [-0.39, 0.29) is 24.1 Å². The van der Waals surface area contributed by atoms with Crippen molar-refractivity contribution in [3.8, 4) is 0 Å². The van der Waals surface area contributed by atoms with E-state index >= 15 is 0 Å². The molecule has 22 heavy (non-hydrogen) atoms. The van der Waals surface area contributed by atoms with Gasteiger partial charge in [0.2, 0.25) is 5.91 Å². The van der Waals surface area contributed by atoms with Gasteiger partial charge in [0.05, 0.1) is 12.6 Å². The molecule has 7 heteroatoms. The maximum atomic E-state index is 13.7. The molecule has 5 nitrogen and oxygen atoms in total. The second-order valence-corrected chi connectivity index (χ2v) is 5.18. The molecule has 0 fully saturated rings. The fourth-order valence-corrected chi connectivity index (χ4v) is 1.92. The maximum Gasteiger partial charge on any atom is 0.315 e. The lowest BCUT2D eigenvalue weighted by Crippen LogP contribution is -2.44. The Kier molecular flexibility index (Phi) is 6.75. The van der Waals surface area contributed by atoms with E-state index in [0.717, 1.165) is 18.2 Å². The molecule has 0 aromatic heterocycles. The Bertz CT molecular complexity index is 536. The van der Waals surface area contributed by atoms with Crippen molar-refractivity contribution in [2.45, 2.75) is 39.3 Å². The number of hydrogen-bond acceptors (Lipinski definition) is 2. The van der Waals surface area contributed by atoms with Crippen LogP contribution < -0.4 is 16.0 Å². The summed E-state index contributed by atoms with van der Waals surface area (Å²) in [6.45, 7) is 5.16. The largest absolute Gasteiger partial charge is 0.352 e. The van der Waals surface area contributed by atoms with Crippen LogP contribution in [-0.2, 0) is 4.79 Å². The standard InChI is InChI=1S/C15H21F2N3O2/c1-4-13(11-7-10(16)5-6-12(11)17)20-15(22)18-8-14(21)19-9(2)3/h5-7,9,13H,4,8H2,1-3H3,(H,19,21)(H2,18,20,22)/t13-/m0/s1. The van der Waals surface area contributed by atoms with E-state index in [1.54, 1.807) is 20.8 Å². The van der Waals surface area contributed by atoms with Crippen LogP contribution in [-0.4, -0.2) is 24.5 Å². The summed E-state index contributed by atoms with van der Waals surface area (Å²) < 4.78 is 26.9. The first-order valence-electron chi connectivity index (χ1n) is 7.12. The molecule has 0 aliphatic carbocycles. The van der Waals surface area contributed by atoms with Crippen LogP contribution in [0.4, 0.5) is 13.6 Å². The van der Waals surface area contributed by atoms with E-state index in [1.165, 1.54) is 0 Å². The molecule has 1 atom stereocenters. The minimum absolute atomic E-state index is 0.0258. The number of benzene rings is 1. The van der Waals surface area contributed by atoms with E-state index in [9.17, 15) is 18.4 Å². The lowest BCUT2D eigenvalue weighted by molar-refractivity contribution is -0.120. The fraction of sp³-hybridized carbons (Fsp3) is 0.467. The number of rotatable bonds is 6. The van der Waals surface area contributed by atoms with E-state index in [1.807, 2.05) is 0 Å². The maximum absolute atomic E-state index is 13.7. The van der Waals surface area contributed by atoms with Crippen LogP contribution in [0.25, 0.3) is 0 Å². The van der Waals surface area contributed by atoms with E-state index < -0.39 is 23.7 Å². The molecule has 122 valence electrons. The predicted molar refractivity (Wildman–Crippen MR) is 79.2 cm³/mol. The van der Waals surface area contributed by atoms with Crippen LogP contribution in [0.1, 0.15) is 38.8 Å². The molecule has 1 aromatic rings. The van der Waals surface area contributed by atoms with Crippen LogP contribution in [0.2, 0.25) is 0 Å². The molecule has 0 heterocycles. The van der Waals surface area contributed by atoms with Crippen molar-refractivity contribution in [2.75, 3.05) is 6.54 Å². The first kappa shape index (κ1) is 17.9. The summed E-state index contributed by atoms with van der Waals surface area (Å²) >= 11 is 0. The molecular formula is C15H21F2N3O2. The molecule has 0 radical (unpaired) electrons. The monoisotopic (exact) mass is 313 g/mol. The van der Waals surface area contributed by atoms with Gasteiger partial charge in [-0.25, -0.2) is 13.6 Å². The van der Waals surface area contributed by atoms with Gasteiger partial charge in [0, 0.05) is 11.6 Å². The third kappa shape index (κ3) is 5.67. The Morgan fingerprint density at radius 2 is 1.86 bits per heavy atom. The summed E-state index contributed by atoms with van der Waals surface area (Å²) in [6.07, 6.45) is 0.381. The molecule has 0 aliphatic heterocycles. The zero-order valence-electron chi connectivity index (χ0n) is 12.9. The number of urea groups is 1. The van der Waals surface area contributed by atoms with Crippen molar-refractivity contribution >= 4 is 11.9 Å². The summed E-state index contributed by atoms with van der Waals surface area (Å²) in [5.41, 5.74) is 0.0734. The van der Waals surface area contributed by atoms with Gasteiger partial charge in [0.1, 0.15) is 11.6 Å². The lowest BCUT2D eigenvalue weighted by atomic mass is 10.0. The highest BCUT2D eigenvalue weighted by Gasteiger charge is 2.17. The molecule has 0 aliphatic rings. The average Bonchev–Trinajstić information content (AvgIpc) is 2.44. The minimum Gasteiger partial charge on any atom is -0.352 e. The zero-order chi connectivity index (χ0) is 16.7. The van der Waals surface area contributed by atoms with Gasteiger partial charge in [-0.1, -0.05) is 6.92 Å². The highest BCUT2D eigenvalue weighted by molar-refractivity contribution is 5.84. The van der Waals surface area contributed by atoms with Gasteiger partial charge >= 0.3 is 6.03 Å². The highest BCUT2D eigenvalue weighted by Crippen LogP contribution is 2.20. The molecule has 0 unspecified atom stereocenters. The summed E-state index contributed by atoms with van der Waals surface area (Å²) in [5, 5.41) is 7.52. The Balaban J connectivity index is 2.60. The lowest BCUT2D eigenvalue weighted by Gasteiger charge is -2.18. The van der Waals surface area contributed by atoms with Crippen molar-refractivity contribution in [1.82, 2.24) is 16.0 Å². The van der Waals surface area contributed by atoms with Crippen molar-refractivity contribution < 1.29 is 18.4 Å². The summed E-state index contributed by atoms with van der Waals surface area (Å²) in [5.74, 6) is -1.49. The predicted octanol–water partition coefficient (Wildman–Crippen LogP) is 2.24. The third-order valence-electron chi connectivity index (χ3n) is 2.91. The van der Waals surface area contributed by atoms with Crippen molar-refractivity contribution in [3.05, 3.63) is 35.4 Å². The van der Waals surface area contributed by atoms with Gasteiger partial charge in [-0.2, -0.15) is 0 Å². The molecule has 3 N–H and O–H groups in total. The second-order valence-electron chi connectivity index (χ2n) is 5.18. The van der Waals surface area contributed by atoms with Crippen LogP contribution >= 0.6 is 0 Å². The van der Waals surface area contributed by atoms with E-state index in [0.29, 0.717) is 6.42 Å². The Hall–Kier alpha value is -2.18. The SMILES string of the molecule is CC[C@H](NC(=O)NCC(=O)NC(C)C)c1cc(F)ccc1F. The Morgan fingerprint density at radius 1 is 1.18 bits per heavy atom. The van der Waals surface area contributed by atoms with Crippen LogP contribution in [0.15, 0.2) is 18.2 Å². The zero-order valence-corrected chi connectivity index (χ0v) is 12.9. The first-order valence-corrected chi connectivity index (χ1v) is 7.12. The molecule has 0 spiro atoms. The Morgan fingerprint density at radius 3 is 2.45 bits per heavy atom. The van der Waals surface area contributed by atoms with Crippen molar-refractivity contribution in [3.63, 3.8) is 0 Å². The van der Waals surface area contributed by atoms with Gasteiger partial charge in [-0.05, 0) is 38.5 Å². The normalized spacial score (nSPS) is 11.9. The van der Waals surface area contributed by atoms with Crippen LogP contribution in [0.5, 0.6) is 0 Å². The summed E-state index contributed by atoms with van der Waals surface area (Å²) in [4.78, 5) is 23.2. The smallest absolute Gasteiger partial charge is 0.315 e. The van der Waals surface area contributed by atoms with Gasteiger partial charge < -0.3 is 16.0 Å². The fourth-order valence-electron chi connectivity index (χ4n) is 1.92.